The van der Waals surface area contributed by atoms with E-state index in [4.69, 9.17) is 10.5 Å². The summed E-state index contributed by atoms with van der Waals surface area (Å²) in [4.78, 5) is 27.3. The van der Waals surface area contributed by atoms with E-state index in [0.29, 0.717) is 24.5 Å². The summed E-state index contributed by atoms with van der Waals surface area (Å²) in [6.07, 6.45) is 1.64. The Hall–Kier alpha value is -3.38. The number of carbonyl (C=O) groups is 2. The van der Waals surface area contributed by atoms with Crippen LogP contribution in [0.15, 0.2) is 18.3 Å². The number of ether oxygens (including phenoxy) is 1. The minimum absolute atomic E-state index is 0.0254. The number of nitrogens with one attached hydrogen (secondary N) is 1. The van der Waals surface area contributed by atoms with Gasteiger partial charge in [-0.15, -0.1) is 0 Å². The second-order valence-corrected chi connectivity index (χ2v) is 6.30. The summed E-state index contributed by atoms with van der Waals surface area (Å²) in [5, 5.41) is 12.7. The maximum Gasteiger partial charge on any atom is 0.268 e. The van der Waals surface area contributed by atoms with Crippen LogP contribution in [0.1, 0.15) is 22.5 Å². The highest BCUT2D eigenvalue weighted by Crippen LogP contribution is 2.34. The number of hydrogen-bond acceptors (Lipinski definition) is 5. The van der Waals surface area contributed by atoms with E-state index in [2.05, 4.69) is 22.1 Å². The highest BCUT2D eigenvalue weighted by atomic mass is 19.1. The van der Waals surface area contributed by atoms with E-state index in [0.717, 1.165) is 0 Å². The van der Waals surface area contributed by atoms with Crippen molar-refractivity contribution < 1.29 is 23.8 Å². The monoisotopic (exact) mass is 370 g/mol. The normalized spacial score (nSPS) is 20.4. The summed E-state index contributed by atoms with van der Waals surface area (Å²) >= 11 is 0. The van der Waals surface area contributed by atoms with Crippen molar-refractivity contribution in [1.29, 1.82) is 0 Å². The molecule has 4 rings (SSSR count). The summed E-state index contributed by atoms with van der Waals surface area (Å²) in [6.45, 7) is 0.976. The Balaban J connectivity index is 1.81. The average Bonchev–Trinajstić information content (AvgIpc) is 3.14. The number of imidazole rings is 1. The largest absolute Gasteiger partial charge is 0.491 e. The second kappa shape index (κ2) is 6.10. The van der Waals surface area contributed by atoms with Crippen molar-refractivity contribution in [2.45, 2.75) is 18.6 Å². The maximum atomic E-state index is 14.4. The SMILES string of the molecule is NC(=O)c1cn2c(n1)-c1cc(C#CC3(O)CCNC3=O)c(F)cc1OCC2. The topological polar surface area (TPSA) is 119 Å². The van der Waals surface area contributed by atoms with Gasteiger partial charge in [-0.3, -0.25) is 9.59 Å². The first kappa shape index (κ1) is 17.1. The molecule has 0 saturated carbocycles. The number of benzene rings is 1. The van der Waals surface area contributed by atoms with Crippen LogP contribution in [0.25, 0.3) is 11.4 Å². The number of carbonyl (C=O) groups excluding carboxylic acids is 2. The highest BCUT2D eigenvalue weighted by Gasteiger charge is 2.38. The number of rotatable bonds is 1. The number of amides is 2. The van der Waals surface area contributed by atoms with Crippen LogP contribution in [0.4, 0.5) is 4.39 Å². The molecule has 9 heteroatoms. The van der Waals surface area contributed by atoms with Gasteiger partial charge in [0.15, 0.2) is 0 Å². The standard InChI is InChI=1S/C18H15FN4O4/c19-12-8-14-11(7-10(12)1-2-18(26)3-4-21-17(18)25)16-22-13(15(20)24)9-23(16)5-6-27-14/h7-9,26H,3-6H2,(H2,20,24)(H,21,25). The minimum Gasteiger partial charge on any atom is -0.491 e. The fourth-order valence-electron chi connectivity index (χ4n) is 3.03. The number of nitrogens with two attached hydrogens (primary N) is 1. The predicted molar refractivity (Wildman–Crippen MR) is 91.1 cm³/mol. The van der Waals surface area contributed by atoms with Crippen LogP contribution in [-0.4, -0.2) is 45.2 Å². The zero-order chi connectivity index (χ0) is 19.2. The molecule has 4 N–H and O–H groups in total. The molecule has 1 unspecified atom stereocenters. The van der Waals surface area contributed by atoms with Crippen LogP contribution in [0.3, 0.4) is 0 Å². The lowest BCUT2D eigenvalue weighted by atomic mass is 10.0. The molecule has 2 aromatic rings. The van der Waals surface area contributed by atoms with Crippen molar-refractivity contribution in [3.63, 3.8) is 0 Å². The summed E-state index contributed by atoms with van der Waals surface area (Å²) < 4.78 is 21.7. The maximum absolute atomic E-state index is 14.4. The van der Waals surface area contributed by atoms with Gasteiger partial charge in [0, 0.05) is 25.2 Å². The lowest BCUT2D eigenvalue weighted by Gasteiger charge is -2.10. The third-order valence-corrected chi connectivity index (χ3v) is 4.48. The van der Waals surface area contributed by atoms with Crippen molar-refractivity contribution in [3.8, 4) is 29.0 Å². The van der Waals surface area contributed by atoms with Gasteiger partial charge in [-0.05, 0) is 6.07 Å². The molecule has 0 aliphatic carbocycles. The van der Waals surface area contributed by atoms with E-state index in [-0.39, 0.29) is 30.0 Å². The van der Waals surface area contributed by atoms with Gasteiger partial charge in [0.2, 0.25) is 5.60 Å². The predicted octanol–water partition coefficient (Wildman–Crippen LogP) is -0.217. The Morgan fingerprint density at radius 3 is 3.00 bits per heavy atom. The number of hydrogen-bond donors (Lipinski definition) is 3. The fraction of sp³-hybridized carbons (Fsp3) is 0.278. The summed E-state index contributed by atoms with van der Waals surface area (Å²) in [5.41, 5.74) is 3.95. The fourth-order valence-corrected chi connectivity index (χ4v) is 3.03. The molecular formula is C18H15FN4O4. The molecule has 3 heterocycles. The number of fused-ring (bicyclic) bond motifs is 3. The zero-order valence-electron chi connectivity index (χ0n) is 14.1. The smallest absolute Gasteiger partial charge is 0.268 e. The molecular weight excluding hydrogens is 355 g/mol. The molecule has 2 aliphatic rings. The molecule has 138 valence electrons. The van der Waals surface area contributed by atoms with Crippen LogP contribution in [0.2, 0.25) is 0 Å². The van der Waals surface area contributed by atoms with Crippen LogP contribution in [-0.2, 0) is 11.3 Å². The van der Waals surface area contributed by atoms with Crippen molar-refractivity contribution in [1.82, 2.24) is 14.9 Å². The van der Waals surface area contributed by atoms with Crippen molar-refractivity contribution in [3.05, 3.63) is 35.4 Å². The molecule has 0 spiro atoms. The summed E-state index contributed by atoms with van der Waals surface area (Å²) in [7, 11) is 0. The Morgan fingerprint density at radius 1 is 1.48 bits per heavy atom. The first-order valence-electron chi connectivity index (χ1n) is 8.25. The molecule has 8 nitrogen and oxygen atoms in total. The van der Waals surface area contributed by atoms with Gasteiger partial charge in [-0.1, -0.05) is 11.8 Å². The van der Waals surface area contributed by atoms with Gasteiger partial charge < -0.3 is 25.5 Å². The van der Waals surface area contributed by atoms with Crippen molar-refractivity contribution in [2.24, 2.45) is 5.73 Å². The molecule has 1 fully saturated rings. The summed E-state index contributed by atoms with van der Waals surface area (Å²) in [6, 6.07) is 2.59. The third kappa shape index (κ3) is 2.90. The number of aromatic nitrogens is 2. The lowest BCUT2D eigenvalue weighted by Crippen LogP contribution is -2.36. The molecule has 0 bridgehead atoms. The van der Waals surface area contributed by atoms with Gasteiger partial charge in [-0.25, -0.2) is 9.37 Å². The van der Waals surface area contributed by atoms with Gasteiger partial charge in [0.25, 0.3) is 11.8 Å². The Bertz CT molecular complexity index is 1040. The van der Waals surface area contributed by atoms with E-state index in [1.165, 1.54) is 18.3 Å². The Labute approximate surface area is 153 Å². The van der Waals surface area contributed by atoms with E-state index >= 15 is 0 Å². The highest BCUT2D eigenvalue weighted by molar-refractivity contribution is 5.92. The first-order valence-corrected chi connectivity index (χ1v) is 8.25. The van der Waals surface area contributed by atoms with E-state index in [9.17, 15) is 19.1 Å². The number of aliphatic hydroxyl groups is 1. The van der Waals surface area contributed by atoms with Gasteiger partial charge in [0.1, 0.15) is 29.7 Å². The van der Waals surface area contributed by atoms with Crippen molar-refractivity contribution in [2.75, 3.05) is 13.2 Å². The molecule has 1 saturated heterocycles. The van der Waals surface area contributed by atoms with Gasteiger partial charge in [0.05, 0.1) is 17.7 Å². The molecule has 2 amide bonds. The lowest BCUT2D eigenvalue weighted by molar-refractivity contribution is -0.130. The molecule has 1 aromatic heterocycles. The minimum atomic E-state index is -1.84. The number of primary amides is 1. The average molecular weight is 370 g/mol. The Kier molecular flexibility index (Phi) is 3.86. The summed E-state index contributed by atoms with van der Waals surface area (Å²) in [5.74, 6) is 3.71. The van der Waals surface area contributed by atoms with E-state index in [1.54, 1.807) is 4.57 Å². The molecule has 27 heavy (non-hydrogen) atoms. The molecule has 1 aromatic carbocycles. The first-order chi connectivity index (χ1) is 12.9. The van der Waals surface area contributed by atoms with Crippen LogP contribution < -0.4 is 15.8 Å². The van der Waals surface area contributed by atoms with Crippen LogP contribution in [0, 0.1) is 17.7 Å². The third-order valence-electron chi connectivity index (χ3n) is 4.48. The van der Waals surface area contributed by atoms with Gasteiger partial charge in [-0.2, -0.15) is 0 Å². The molecule has 0 radical (unpaired) electrons. The Morgan fingerprint density at radius 2 is 2.30 bits per heavy atom. The van der Waals surface area contributed by atoms with Crippen LogP contribution in [0.5, 0.6) is 5.75 Å². The van der Waals surface area contributed by atoms with Crippen LogP contribution >= 0.6 is 0 Å². The van der Waals surface area contributed by atoms with E-state index in [1.807, 2.05) is 0 Å². The van der Waals surface area contributed by atoms with Gasteiger partial charge >= 0.3 is 0 Å². The quantitative estimate of drug-likeness (QED) is 0.600. The number of halogens is 1. The molecule has 2 aliphatic heterocycles. The second-order valence-electron chi connectivity index (χ2n) is 6.30. The van der Waals surface area contributed by atoms with Crippen molar-refractivity contribution >= 4 is 11.8 Å². The molecule has 1 atom stereocenters. The zero-order valence-corrected chi connectivity index (χ0v) is 14.1. The van der Waals surface area contributed by atoms with E-state index < -0.39 is 23.2 Å². The number of nitrogens with zero attached hydrogens (tertiary/aromatic N) is 2.